The number of anilines is 1. The summed E-state index contributed by atoms with van der Waals surface area (Å²) in [5.41, 5.74) is 0.257. The molecule has 2 heterocycles. The summed E-state index contributed by atoms with van der Waals surface area (Å²) in [6.45, 7) is 6.32. The molecule has 2 aliphatic rings. The van der Waals surface area contributed by atoms with Crippen molar-refractivity contribution in [3.63, 3.8) is 0 Å². The number of halogens is 1. The number of piperidine rings is 1. The number of ether oxygens (including phenoxy) is 1. The van der Waals surface area contributed by atoms with Crippen molar-refractivity contribution in [2.24, 2.45) is 0 Å². The first-order valence-corrected chi connectivity index (χ1v) is 8.09. The van der Waals surface area contributed by atoms with E-state index in [1.54, 1.807) is 0 Å². The second-order valence-corrected chi connectivity index (χ2v) is 6.29. The largest absolute Gasteiger partial charge is 0.376 e. The van der Waals surface area contributed by atoms with Crippen molar-refractivity contribution in [1.29, 1.82) is 0 Å². The van der Waals surface area contributed by atoms with Crippen LogP contribution in [-0.2, 0) is 4.74 Å². The van der Waals surface area contributed by atoms with Gasteiger partial charge in [-0.05, 0) is 25.8 Å². The predicted octanol–water partition coefficient (Wildman–Crippen LogP) is 2.42. The molecule has 7 heteroatoms. The molecule has 3 rings (SSSR count). The molecule has 2 fully saturated rings. The van der Waals surface area contributed by atoms with Crippen LogP contribution >= 0.6 is 0 Å². The standard InChI is InChI=1S/C16H22FN3O3/c1-12-11-19(8-9-23-12)13-4-6-18(7-5-13)16-3-2-14(20(21)22)10-15(16)17/h2-3,10,12-13H,4-9,11H2,1H3. The van der Waals surface area contributed by atoms with E-state index < -0.39 is 10.7 Å². The predicted molar refractivity (Wildman–Crippen MR) is 85.3 cm³/mol. The number of nitro groups is 1. The van der Waals surface area contributed by atoms with E-state index in [2.05, 4.69) is 11.8 Å². The number of hydrogen-bond acceptors (Lipinski definition) is 5. The maximum atomic E-state index is 14.1. The average molecular weight is 323 g/mol. The van der Waals surface area contributed by atoms with Gasteiger partial charge < -0.3 is 9.64 Å². The van der Waals surface area contributed by atoms with Crippen LogP contribution in [0.4, 0.5) is 15.8 Å². The molecule has 126 valence electrons. The number of nitro benzene ring substituents is 1. The Labute approximate surface area is 135 Å². The minimum Gasteiger partial charge on any atom is -0.376 e. The molecule has 1 aromatic rings. The summed E-state index contributed by atoms with van der Waals surface area (Å²) >= 11 is 0. The fraction of sp³-hybridized carbons (Fsp3) is 0.625. The molecule has 1 atom stereocenters. The monoisotopic (exact) mass is 323 g/mol. The molecule has 2 aliphatic heterocycles. The molecule has 0 radical (unpaired) electrons. The lowest BCUT2D eigenvalue weighted by Gasteiger charge is -2.42. The van der Waals surface area contributed by atoms with Gasteiger partial charge in [0.1, 0.15) is 0 Å². The molecule has 1 aromatic carbocycles. The van der Waals surface area contributed by atoms with Crippen LogP contribution in [0.2, 0.25) is 0 Å². The van der Waals surface area contributed by atoms with Gasteiger partial charge in [0, 0.05) is 38.3 Å². The van der Waals surface area contributed by atoms with Crippen molar-refractivity contribution in [2.45, 2.75) is 31.9 Å². The van der Waals surface area contributed by atoms with E-state index >= 15 is 0 Å². The van der Waals surface area contributed by atoms with Gasteiger partial charge in [-0.3, -0.25) is 15.0 Å². The van der Waals surface area contributed by atoms with Crippen LogP contribution in [0.3, 0.4) is 0 Å². The van der Waals surface area contributed by atoms with Gasteiger partial charge in [0.15, 0.2) is 5.82 Å². The van der Waals surface area contributed by atoms with Gasteiger partial charge in [-0.2, -0.15) is 0 Å². The van der Waals surface area contributed by atoms with Crippen LogP contribution in [-0.4, -0.2) is 54.8 Å². The number of nitrogens with zero attached hydrogens (tertiary/aromatic N) is 3. The summed E-state index contributed by atoms with van der Waals surface area (Å²) in [7, 11) is 0. The number of hydrogen-bond donors (Lipinski definition) is 0. The van der Waals surface area contributed by atoms with Gasteiger partial charge >= 0.3 is 0 Å². The van der Waals surface area contributed by atoms with Crippen molar-refractivity contribution in [2.75, 3.05) is 37.7 Å². The summed E-state index contributed by atoms with van der Waals surface area (Å²) in [6, 6.07) is 4.41. The molecule has 0 aromatic heterocycles. The Bertz CT molecular complexity index is 576. The topological polar surface area (TPSA) is 58.9 Å². The van der Waals surface area contributed by atoms with E-state index in [0.717, 1.165) is 51.7 Å². The molecule has 6 nitrogen and oxygen atoms in total. The Balaban J connectivity index is 1.61. The van der Waals surface area contributed by atoms with Gasteiger partial charge in [0.2, 0.25) is 0 Å². The lowest BCUT2D eigenvalue weighted by Crippen LogP contribution is -2.51. The van der Waals surface area contributed by atoms with Crippen LogP contribution < -0.4 is 4.90 Å². The molecule has 0 bridgehead atoms. The number of morpholine rings is 1. The van der Waals surface area contributed by atoms with Gasteiger partial charge in [0.05, 0.1) is 29.4 Å². The van der Waals surface area contributed by atoms with Crippen LogP contribution in [0.1, 0.15) is 19.8 Å². The first-order valence-electron chi connectivity index (χ1n) is 8.09. The molecule has 0 aliphatic carbocycles. The Morgan fingerprint density at radius 2 is 2.04 bits per heavy atom. The lowest BCUT2D eigenvalue weighted by atomic mass is 10.0. The smallest absolute Gasteiger partial charge is 0.272 e. The quantitative estimate of drug-likeness (QED) is 0.631. The lowest BCUT2D eigenvalue weighted by molar-refractivity contribution is -0.385. The molecule has 0 spiro atoms. The Morgan fingerprint density at radius 3 is 2.65 bits per heavy atom. The van der Waals surface area contributed by atoms with Crippen molar-refractivity contribution in [3.8, 4) is 0 Å². The summed E-state index contributed by atoms with van der Waals surface area (Å²) in [5, 5.41) is 10.7. The Morgan fingerprint density at radius 1 is 1.30 bits per heavy atom. The highest BCUT2D eigenvalue weighted by atomic mass is 19.1. The van der Waals surface area contributed by atoms with Crippen molar-refractivity contribution in [1.82, 2.24) is 4.90 Å². The fourth-order valence-corrected chi connectivity index (χ4v) is 3.51. The highest BCUT2D eigenvalue weighted by Crippen LogP contribution is 2.28. The van der Waals surface area contributed by atoms with Crippen LogP contribution in [0.15, 0.2) is 18.2 Å². The minimum atomic E-state index is -0.571. The zero-order valence-electron chi connectivity index (χ0n) is 13.3. The molecule has 2 saturated heterocycles. The molecule has 0 saturated carbocycles. The fourth-order valence-electron chi connectivity index (χ4n) is 3.51. The number of benzene rings is 1. The minimum absolute atomic E-state index is 0.205. The third kappa shape index (κ3) is 3.61. The van der Waals surface area contributed by atoms with E-state index in [4.69, 9.17) is 4.74 Å². The van der Waals surface area contributed by atoms with Gasteiger partial charge in [-0.25, -0.2) is 4.39 Å². The van der Waals surface area contributed by atoms with E-state index in [1.165, 1.54) is 12.1 Å². The normalized spacial score (nSPS) is 23.9. The molecule has 0 amide bonds. The number of non-ortho nitro benzene ring substituents is 1. The van der Waals surface area contributed by atoms with Crippen molar-refractivity contribution < 1.29 is 14.1 Å². The Hall–Kier alpha value is -1.73. The van der Waals surface area contributed by atoms with Crippen LogP contribution in [0.25, 0.3) is 0 Å². The van der Waals surface area contributed by atoms with Crippen LogP contribution in [0.5, 0.6) is 0 Å². The highest BCUT2D eigenvalue weighted by Gasteiger charge is 2.28. The first-order chi connectivity index (χ1) is 11.0. The summed E-state index contributed by atoms with van der Waals surface area (Å²) in [5.74, 6) is -0.516. The summed E-state index contributed by atoms with van der Waals surface area (Å²) in [6.07, 6.45) is 2.22. The first kappa shape index (κ1) is 16.1. The van der Waals surface area contributed by atoms with Gasteiger partial charge in [0.25, 0.3) is 5.69 Å². The maximum Gasteiger partial charge on any atom is 0.272 e. The third-order valence-electron chi connectivity index (χ3n) is 4.74. The van der Waals surface area contributed by atoms with E-state index in [1.807, 2.05) is 4.90 Å². The average Bonchev–Trinajstić information content (AvgIpc) is 2.55. The second kappa shape index (κ2) is 6.80. The third-order valence-corrected chi connectivity index (χ3v) is 4.74. The maximum absolute atomic E-state index is 14.1. The second-order valence-electron chi connectivity index (χ2n) is 6.29. The zero-order valence-corrected chi connectivity index (χ0v) is 13.3. The molecular weight excluding hydrogens is 301 g/mol. The SMILES string of the molecule is CC1CN(C2CCN(c3ccc([N+](=O)[O-])cc3F)CC2)CCO1. The van der Waals surface area contributed by atoms with Crippen molar-refractivity contribution >= 4 is 11.4 Å². The van der Waals surface area contributed by atoms with Crippen molar-refractivity contribution in [3.05, 3.63) is 34.1 Å². The summed E-state index contributed by atoms with van der Waals surface area (Å²) < 4.78 is 19.7. The van der Waals surface area contributed by atoms with Crippen LogP contribution in [0, 0.1) is 15.9 Å². The van der Waals surface area contributed by atoms with Gasteiger partial charge in [-0.1, -0.05) is 0 Å². The molecule has 23 heavy (non-hydrogen) atoms. The Kier molecular flexibility index (Phi) is 4.77. The molecular formula is C16H22FN3O3. The molecule has 0 N–H and O–H groups in total. The van der Waals surface area contributed by atoms with E-state index in [9.17, 15) is 14.5 Å². The van der Waals surface area contributed by atoms with Gasteiger partial charge in [-0.15, -0.1) is 0 Å². The summed E-state index contributed by atoms with van der Waals surface area (Å²) in [4.78, 5) is 14.6. The van der Waals surface area contributed by atoms with E-state index in [0.29, 0.717) is 11.7 Å². The zero-order chi connectivity index (χ0) is 16.4. The molecule has 1 unspecified atom stereocenters. The highest BCUT2D eigenvalue weighted by molar-refractivity contribution is 5.52. The van der Waals surface area contributed by atoms with E-state index in [-0.39, 0.29) is 11.8 Å². The number of rotatable bonds is 3.